The Morgan fingerprint density at radius 2 is 2.22 bits per heavy atom. The van der Waals surface area contributed by atoms with E-state index in [-0.39, 0.29) is 5.92 Å². The smallest absolute Gasteiger partial charge is 0.225 e. The lowest BCUT2D eigenvalue weighted by Crippen LogP contribution is -2.48. The van der Waals surface area contributed by atoms with Crippen molar-refractivity contribution >= 4 is 17.2 Å². The Labute approximate surface area is 113 Å². The van der Waals surface area contributed by atoms with Crippen molar-refractivity contribution in [2.24, 2.45) is 5.92 Å². The minimum atomic E-state index is 0.143. The summed E-state index contributed by atoms with van der Waals surface area (Å²) in [5.41, 5.74) is 1.36. The predicted octanol–water partition coefficient (Wildman–Crippen LogP) is 2.06. The molecule has 0 bridgehead atoms. The van der Waals surface area contributed by atoms with Gasteiger partial charge in [-0.15, -0.1) is 11.3 Å². The van der Waals surface area contributed by atoms with Crippen LogP contribution in [-0.2, 0) is 11.2 Å². The van der Waals surface area contributed by atoms with Gasteiger partial charge in [-0.25, -0.2) is 0 Å². The lowest BCUT2D eigenvalue weighted by atomic mass is 10.0. The number of hydrogen-bond donors (Lipinski definition) is 1. The van der Waals surface area contributed by atoms with Gasteiger partial charge in [0.15, 0.2) is 0 Å². The van der Waals surface area contributed by atoms with E-state index >= 15 is 0 Å². The first kappa shape index (κ1) is 13.6. The van der Waals surface area contributed by atoms with E-state index in [1.807, 2.05) is 4.90 Å². The summed E-state index contributed by atoms with van der Waals surface area (Å²) in [6.07, 6.45) is 1.99. The second-order valence-corrected chi connectivity index (χ2v) is 6.04. The molecule has 18 heavy (non-hydrogen) atoms. The van der Waals surface area contributed by atoms with Crippen molar-refractivity contribution in [1.82, 2.24) is 10.2 Å². The number of carbonyl (C=O) groups is 1. The molecule has 1 aromatic heterocycles. The third-order valence-electron chi connectivity index (χ3n) is 3.62. The van der Waals surface area contributed by atoms with Crippen LogP contribution in [0, 0.1) is 12.8 Å². The Hall–Kier alpha value is -0.870. The number of piperazine rings is 1. The molecule has 0 aliphatic carbocycles. The Morgan fingerprint density at radius 3 is 2.83 bits per heavy atom. The predicted molar refractivity (Wildman–Crippen MR) is 76.0 cm³/mol. The molecule has 1 amide bonds. The number of nitrogens with one attached hydrogen (secondary N) is 1. The van der Waals surface area contributed by atoms with E-state index in [4.69, 9.17) is 0 Å². The first-order chi connectivity index (χ1) is 8.68. The lowest BCUT2D eigenvalue weighted by molar-refractivity contribution is -0.135. The maximum absolute atomic E-state index is 12.2. The molecule has 3 nitrogen and oxygen atoms in total. The van der Waals surface area contributed by atoms with Gasteiger partial charge in [-0.2, -0.15) is 0 Å². The maximum Gasteiger partial charge on any atom is 0.225 e. The van der Waals surface area contributed by atoms with E-state index in [0.29, 0.717) is 5.91 Å². The minimum Gasteiger partial charge on any atom is -0.340 e. The highest BCUT2D eigenvalue weighted by Gasteiger charge is 2.21. The lowest BCUT2D eigenvalue weighted by Gasteiger charge is -2.29. The van der Waals surface area contributed by atoms with Crippen molar-refractivity contribution in [1.29, 1.82) is 0 Å². The van der Waals surface area contributed by atoms with Gasteiger partial charge >= 0.3 is 0 Å². The monoisotopic (exact) mass is 266 g/mol. The van der Waals surface area contributed by atoms with Gasteiger partial charge in [-0.3, -0.25) is 4.79 Å². The SMILES string of the molecule is Cc1ccsc1CCC(C)C(=O)N1CCNCC1. The van der Waals surface area contributed by atoms with Gasteiger partial charge in [0.1, 0.15) is 0 Å². The fourth-order valence-electron chi connectivity index (χ4n) is 2.33. The van der Waals surface area contributed by atoms with Crippen LogP contribution in [0.25, 0.3) is 0 Å². The third kappa shape index (κ3) is 3.33. The molecule has 0 radical (unpaired) electrons. The van der Waals surface area contributed by atoms with Gasteiger partial charge in [0.25, 0.3) is 0 Å². The van der Waals surface area contributed by atoms with Crippen molar-refractivity contribution in [2.75, 3.05) is 26.2 Å². The average Bonchev–Trinajstić information content (AvgIpc) is 2.81. The Morgan fingerprint density at radius 1 is 1.50 bits per heavy atom. The van der Waals surface area contributed by atoms with E-state index in [0.717, 1.165) is 39.0 Å². The molecule has 1 N–H and O–H groups in total. The molecule has 1 atom stereocenters. The summed E-state index contributed by atoms with van der Waals surface area (Å²) in [6.45, 7) is 7.80. The highest BCUT2D eigenvalue weighted by molar-refractivity contribution is 7.10. The van der Waals surface area contributed by atoms with Gasteiger partial charge < -0.3 is 10.2 Å². The van der Waals surface area contributed by atoms with Crippen LogP contribution >= 0.6 is 11.3 Å². The standard InChI is InChI=1S/C14H22N2OS/c1-11-5-10-18-13(11)4-3-12(2)14(17)16-8-6-15-7-9-16/h5,10,12,15H,3-4,6-9H2,1-2H3. The highest BCUT2D eigenvalue weighted by Crippen LogP contribution is 2.20. The maximum atomic E-state index is 12.2. The summed E-state index contributed by atoms with van der Waals surface area (Å²) < 4.78 is 0. The number of amides is 1. The van der Waals surface area contributed by atoms with Crippen LogP contribution < -0.4 is 5.32 Å². The number of thiophene rings is 1. The molecule has 0 saturated carbocycles. The second kappa shape index (κ2) is 6.34. The first-order valence-corrected chi connectivity index (χ1v) is 7.59. The zero-order chi connectivity index (χ0) is 13.0. The fraction of sp³-hybridized carbons (Fsp3) is 0.643. The Bertz CT molecular complexity index is 396. The number of aryl methyl sites for hydroxylation is 2. The molecule has 1 unspecified atom stereocenters. The Kier molecular flexibility index (Phi) is 4.78. The zero-order valence-electron chi connectivity index (χ0n) is 11.2. The summed E-state index contributed by atoms with van der Waals surface area (Å²) in [5, 5.41) is 5.41. The summed E-state index contributed by atoms with van der Waals surface area (Å²) in [6, 6.07) is 2.16. The van der Waals surface area contributed by atoms with Crippen molar-refractivity contribution in [3.05, 3.63) is 21.9 Å². The van der Waals surface area contributed by atoms with Gasteiger partial charge in [0.05, 0.1) is 0 Å². The molecule has 0 aromatic carbocycles. The molecular formula is C14H22N2OS. The van der Waals surface area contributed by atoms with E-state index in [1.54, 1.807) is 11.3 Å². The molecular weight excluding hydrogens is 244 g/mol. The number of nitrogens with zero attached hydrogens (tertiary/aromatic N) is 1. The van der Waals surface area contributed by atoms with Crippen molar-refractivity contribution in [3.63, 3.8) is 0 Å². The van der Waals surface area contributed by atoms with Crippen LogP contribution in [0.5, 0.6) is 0 Å². The number of hydrogen-bond acceptors (Lipinski definition) is 3. The highest BCUT2D eigenvalue weighted by atomic mass is 32.1. The third-order valence-corrected chi connectivity index (χ3v) is 4.71. The van der Waals surface area contributed by atoms with Crippen molar-refractivity contribution < 1.29 is 4.79 Å². The van der Waals surface area contributed by atoms with Crippen LogP contribution in [-0.4, -0.2) is 37.0 Å². The summed E-state index contributed by atoms with van der Waals surface area (Å²) in [4.78, 5) is 15.7. The molecule has 0 spiro atoms. The van der Waals surface area contributed by atoms with Crippen LogP contribution in [0.15, 0.2) is 11.4 Å². The number of carbonyl (C=O) groups excluding carboxylic acids is 1. The molecule has 1 fully saturated rings. The largest absolute Gasteiger partial charge is 0.340 e. The molecule has 2 heterocycles. The van der Waals surface area contributed by atoms with Gasteiger partial charge in [-0.05, 0) is 36.8 Å². The van der Waals surface area contributed by atoms with Gasteiger partial charge in [-0.1, -0.05) is 6.92 Å². The van der Waals surface area contributed by atoms with Crippen molar-refractivity contribution in [3.8, 4) is 0 Å². The number of rotatable bonds is 4. The van der Waals surface area contributed by atoms with E-state index in [1.165, 1.54) is 10.4 Å². The summed E-state index contributed by atoms with van der Waals surface area (Å²) >= 11 is 1.80. The molecule has 4 heteroatoms. The van der Waals surface area contributed by atoms with E-state index in [9.17, 15) is 4.79 Å². The molecule has 100 valence electrons. The fourth-order valence-corrected chi connectivity index (χ4v) is 3.25. The Balaban J connectivity index is 1.82. The van der Waals surface area contributed by atoms with Gasteiger partial charge in [0.2, 0.25) is 5.91 Å². The van der Waals surface area contributed by atoms with Crippen LogP contribution in [0.4, 0.5) is 0 Å². The second-order valence-electron chi connectivity index (χ2n) is 5.04. The van der Waals surface area contributed by atoms with E-state index < -0.39 is 0 Å². The topological polar surface area (TPSA) is 32.3 Å². The van der Waals surface area contributed by atoms with Crippen LogP contribution in [0.3, 0.4) is 0 Å². The quantitative estimate of drug-likeness (QED) is 0.904. The first-order valence-electron chi connectivity index (χ1n) is 6.71. The summed E-state index contributed by atoms with van der Waals surface area (Å²) in [7, 11) is 0. The zero-order valence-corrected chi connectivity index (χ0v) is 12.1. The minimum absolute atomic E-state index is 0.143. The van der Waals surface area contributed by atoms with Crippen LogP contribution in [0.1, 0.15) is 23.8 Å². The van der Waals surface area contributed by atoms with Gasteiger partial charge in [0, 0.05) is 37.0 Å². The summed E-state index contributed by atoms with van der Waals surface area (Å²) in [5.74, 6) is 0.468. The molecule has 1 saturated heterocycles. The molecule has 2 rings (SSSR count). The average molecular weight is 266 g/mol. The normalized spacial score (nSPS) is 17.8. The van der Waals surface area contributed by atoms with Crippen LogP contribution in [0.2, 0.25) is 0 Å². The molecule has 1 aromatic rings. The van der Waals surface area contributed by atoms with E-state index in [2.05, 4.69) is 30.6 Å². The molecule has 1 aliphatic rings. The van der Waals surface area contributed by atoms with Crippen molar-refractivity contribution in [2.45, 2.75) is 26.7 Å². The molecule has 1 aliphatic heterocycles.